The molecule has 1 heterocycles. The van der Waals surface area contributed by atoms with Gasteiger partial charge in [-0.3, -0.25) is 0 Å². The number of benzene rings is 2. The van der Waals surface area contributed by atoms with Crippen molar-refractivity contribution >= 4 is 21.8 Å². The molecule has 0 saturated heterocycles. The second-order valence-electron chi connectivity index (χ2n) is 7.61. The van der Waals surface area contributed by atoms with Crippen LogP contribution in [0.1, 0.15) is 38.2 Å². The summed E-state index contributed by atoms with van der Waals surface area (Å²) in [6.45, 7) is 6.87. The molecule has 0 saturated carbocycles. The quantitative estimate of drug-likeness (QED) is 0.451. The third kappa shape index (κ3) is 6.15. The van der Waals surface area contributed by atoms with Crippen LogP contribution in [0.15, 0.2) is 64.6 Å². The Morgan fingerprint density at radius 1 is 1.06 bits per heavy atom. The predicted molar refractivity (Wildman–Crippen MR) is 121 cm³/mol. The van der Waals surface area contributed by atoms with Crippen LogP contribution in [-0.2, 0) is 23.0 Å². The van der Waals surface area contributed by atoms with Crippen LogP contribution in [-0.4, -0.2) is 28.9 Å². The Morgan fingerprint density at radius 2 is 1.74 bits per heavy atom. The molecule has 0 spiro atoms. The van der Waals surface area contributed by atoms with Crippen LogP contribution < -0.4 is 4.72 Å². The van der Waals surface area contributed by atoms with Gasteiger partial charge in [-0.1, -0.05) is 55.9 Å². The third-order valence-electron chi connectivity index (χ3n) is 4.62. The Morgan fingerprint density at radius 3 is 2.35 bits per heavy atom. The number of sulfonamides is 1. The Bertz CT molecular complexity index is 1080. The van der Waals surface area contributed by atoms with Crippen molar-refractivity contribution in [3.05, 3.63) is 71.8 Å². The third-order valence-corrected chi connectivity index (χ3v) is 7.50. The van der Waals surface area contributed by atoms with E-state index in [4.69, 9.17) is 0 Å². The number of nitrogens with one attached hydrogen (secondary N) is 1. The van der Waals surface area contributed by atoms with Crippen LogP contribution in [0.25, 0.3) is 0 Å². The summed E-state index contributed by atoms with van der Waals surface area (Å²) >= 11 is 1.61. The number of hydrogen-bond acceptors (Lipinski definition) is 5. The summed E-state index contributed by atoms with van der Waals surface area (Å²) in [6.07, 6.45) is 0.411. The van der Waals surface area contributed by atoms with E-state index in [1.165, 1.54) is 12.1 Å². The molecule has 0 bridgehead atoms. The zero-order valence-electron chi connectivity index (χ0n) is 17.8. The van der Waals surface area contributed by atoms with Gasteiger partial charge < -0.3 is 4.57 Å². The van der Waals surface area contributed by atoms with Crippen molar-refractivity contribution in [2.45, 2.75) is 49.8 Å². The first-order chi connectivity index (χ1) is 14.8. The molecule has 3 rings (SSSR count). The van der Waals surface area contributed by atoms with Crippen LogP contribution in [0.4, 0.5) is 4.39 Å². The number of nitrogens with zero attached hydrogens (tertiary/aromatic N) is 3. The highest BCUT2D eigenvalue weighted by molar-refractivity contribution is 7.99. The molecule has 0 fully saturated rings. The maximum absolute atomic E-state index is 13.3. The fraction of sp³-hybridized carbons (Fsp3) is 0.364. The molecule has 2 aromatic carbocycles. The summed E-state index contributed by atoms with van der Waals surface area (Å²) in [7, 11) is -3.89. The first kappa shape index (κ1) is 23.4. The van der Waals surface area contributed by atoms with Crippen molar-refractivity contribution in [3.63, 3.8) is 0 Å². The zero-order chi connectivity index (χ0) is 22.4. The maximum atomic E-state index is 13.3. The summed E-state index contributed by atoms with van der Waals surface area (Å²) in [4.78, 5) is 0.00364. The minimum atomic E-state index is -3.89. The minimum Gasteiger partial charge on any atom is -0.305 e. The van der Waals surface area contributed by atoms with Gasteiger partial charge in [0.15, 0.2) is 11.0 Å². The second kappa shape index (κ2) is 10.4. The van der Waals surface area contributed by atoms with Crippen LogP contribution in [0.2, 0.25) is 0 Å². The first-order valence-electron chi connectivity index (χ1n) is 10.2. The van der Waals surface area contributed by atoms with Crippen molar-refractivity contribution in [2.24, 2.45) is 5.92 Å². The lowest BCUT2D eigenvalue weighted by Gasteiger charge is -2.20. The average molecular weight is 463 g/mol. The number of hydrogen-bond donors (Lipinski definition) is 1. The van der Waals surface area contributed by atoms with Gasteiger partial charge in [0.1, 0.15) is 5.82 Å². The maximum Gasteiger partial charge on any atom is 0.241 e. The van der Waals surface area contributed by atoms with E-state index in [-0.39, 0.29) is 4.90 Å². The Kier molecular flexibility index (Phi) is 7.85. The summed E-state index contributed by atoms with van der Waals surface area (Å²) in [5.41, 5.74) is 0.969. The summed E-state index contributed by atoms with van der Waals surface area (Å²) in [6, 6.07) is 13.8. The summed E-state index contributed by atoms with van der Waals surface area (Å²) < 4.78 is 44.1. The highest BCUT2D eigenvalue weighted by Gasteiger charge is 2.27. The number of halogens is 1. The molecular formula is C22H27FN4O2S2. The molecule has 0 radical (unpaired) electrons. The lowest BCUT2D eigenvalue weighted by Crippen LogP contribution is -2.32. The Hall–Kier alpha value is -2.23. The van der Waals surface area contributed by atoms with E-state index in [1.54, 1.807) is 11.8 Å². The van der Waals surface area contributed by atoms with Crippen molar-refractivity contribution in [3.8, 4) is 0 Å². The lowest BCUT2D eigenvalue weighted by molar-refractivity contribution is 0.517. The van der Waals surface area contributed by atoms with E-state index in [0.717, 1.165) is 28.6 Å². The highest BCUT2D eigenvalue weighted by Crippen LogP contribution is 2.26. The van der Waals surface area contributed by atoms with Gasteiger partial charge in [0.2, 0.25) is 10.0 Å². The van der Waals surface area contributed by atoms with Gasteiger partial charge in [0, 0.05) is 12.3 Å². The monoisotopic (exact) mass is 462 g/mol. The number of aromatic nitrogens is 3. The van der Waals surface area contributed by atoms with E-state index >= 15 is 0 Å². The van der Waals surface area contributed by atoms with Crippen LogP contribution in [0.3, 0.4) is 0 Å². The largest absolute Gasteiger partial charge is 0.305 e. The first-order valence-corrected chi connectivity index (χ1v) is 12.6. The normalized spacial score (nSPS) is 12.9. The molecule has 166 valence electrons. The predicted octanol–water partition coefficient (Wildman–Crippen LogP) is 4.45. The van der Waals surface area contributed by atoms with E-state index < -0.39 is 21.9 Å². The van der Waals surface area contributed by atoms with Gasteiger partial charge in [0.05, 0.1) is 10.9 Å². The van der Waals surface area contributed by atoms with Crippen LogP contribution in [0.5, 0.6) is 0 Å². The molecule has 6 nitrogen and oxygen atoms in total. The molecule has 0 aliphatic rings. The van der Waals surface area contributed by atoms with Gasteiger partial charge in [0.25, 0.3) is 0 Å². The van der Waals surface area contributed by atoms with Crippen molar-refractivity contribution < 1.29 is 12.8 Å². The number of thioether (sulfide) groups is 1. The standard InChI is InChI=1S/C22H27FN4O2S2/c1-4-27-21(24-25-22(27)30-15-16(2)3)20(14-17-8-6-5-7-9-17)26-31(28,29)19-12-10-18(23)11-13-19/h5-13,16,20,26H,4,14-15H2,1-3H3/t20-/m1/s1. The van der Waals surface area contributed by atoms with Gasteiger partial charge in [-0.2, -0.15) is 0 Å². The fourth-order valence-corrected chi connectivity index (χ4v) is 5.26. The molecule has 1 N–H and O–H groups in total. The van der Waals surface area contributed by atoms with E-state index in [1.807, 2.05) is 41.8 Å². The molecule has 1 aromatic heterocycles. The van der Waals surface area contributed by atoms with Crippen LogP contribution in [0, 0.1) is 11.7 Å². The van der Waals surface area contributed by atoms with E-state index in [0.29, 0.717) is 24.7 Å². The molecule has 1 atom stereocenters. The average Bonchev–Trinajstić information content (AvgIpc) is 3.15. The molecule has 0 aliphatic carbocycles. The number of rotatable bonds is 10. The van der Waals surface area contributed by atoms with Gasteiger partial charge >= 0.3 is 0 Å². The Balaban J connectivity index is 1.96. The molecular weight excluding hydrogens is 435 g/mol. The smallest absolute Gasteiger partial charge is 0.241 e. The fourth-order valence-electron chi connectivity index (χ4n) is 3.11. The van der Waals surface area contributed by atoms with Gasteiger partial charge in [-0.05, 0) is 49.1 Å². The van der Waals surface area contributed by atoms with E-state index in [9.17, 15) is 12.8 Å². The van der Waals surface area contributed by atoms with E-state index in [2.05, 4.69) is 28.8 Å². The molecule has 3 aromatic rings. The van der Waals surface area contributed by atoms with Crippen molar-refractivity contribution in [2.75, 3.05) is 5.75 Å². The molecule has 0 unspecified atom stereocenters. The molecule has 0 amide bonds. The lowest BCUT2D eigenvalue weighted by atomic mass is 10.1. The zero-order valence-corrected chi connectivity index (χ0v) is 19.5. The summed E-state index contributed by atoms with van der Waals surface area (Å²) in [5, 5.41) is 9.45. The Labute approximate surface area is 187 Å². The molecule has 0 aliphatic heterocycles. The second-order valence-corrected chi connectivity index (χ2v) is 10.3. The highest BCUT2D eigenvalue weighted by atomic mass is 32.2. The SMILES string of the molecule is CCn1c(SCC(C)C)nnc1[C@@H](Cc1ccccc1)NS(=O)(=O)c1ccc(F)cc1. The van der Waals surface area contributed by atoms with Crippen molar-refractivity contribution in [1.29, 1.82) is 0 Å². The minimum absolute atomic E-state index is 0.00364. The molecule has 9 heteroatoms. The molecule has 31 heavy (non-hydrogen) atoms. The summed E-state index contributed by atoms with van der Waals surface area (Å²) in [5.74, 6) is 1.45. The van der Waals surface area contributed by atoms with Crippen molar-refractivity contribution in [1.82, 2.24) is 19.5 Å². The topological polar surface area (TPSA) is 76.9 Å². The van der Waals surface area contributed by atoms with Gasteiger partial charge in [-0.25, -0.2) is 17.5 Å². The van der Waals surface area contributed by atoms with Gasteiger partial charge in [-0.15, -0.1) is 10.2 Å². The van der Waals surface area contributed by atoms with Crippen LogP contribution >= 0.6 is 11.8 Å².